The van der Waals surface area contributed by atoms with E-state index in [4.69, 9.17) is 18.9 Å². The van der Waals surface area contributed by atoms with E-state index in [1.54, 1.807) is 0 Å². The van der Waals surface area contributed by atoms with Crippen molar-refractivity contribution in [2.75, 3.05) is 6.79 Å². The Balaban J connectivity index is 1.65. The SMILES string of the molecule is CC(C)CC(OCc1ccc2c(c1)OCO2)Oc1ccc(C(CC(C)C)C(C)(C)C)cc1. The van der Waals surface area contributed by atoms with Crippen molar-refractivity contribution < 1.29 is 18.9 Å². The average Bonchev–Trinajstić information content (AvgIpc) is 3.17. The van der Waals surface area contributed by atoms with E-state index < -0.39 is 0 Å². The molecule has 1 heterocycles. The Morgan fingerprint density at radius 3 is 2.12 bits per heavy atom. The first kappa shape index (κ1) is 24.4. The summed E-state index contributed by atoms with van der Waals surface area (Å²) in [7, 11) is 0. The van der Waals surface area contributed by atoms with Gasteiger partial charge in [-0.2, -0.15) is 0 Å². The zero-order valence-electron chi connectivity index (χ0n) is 20.8. The van der Waals surface area contributed by atoms with Crippen LogP contribution in [0.4, 0.5) is 0 Å². The molecule has 0 N–H and O–H groups in total. The fraction of sp³-hybridized carbons (Fsp3) is 0.571. The van der Waals surface area contributed by atoms with Crippen LogP contribution in [0.3, 0.4) is 0 Å². The molecule has 2 aromatic carbocycles. The van der Waals surface area contributed by atoms with Crippen LogP contribution in [0, 0.1) is 17.3 Å². The maximum Gasteiger partial charge on any atom is 0.231 e. The van der Waals surface area contributed by atoms with E-state index >= 15 is 0 Å². The minimum Gasteiger partial charge on any atom is -0.465 e. The van der Waals surface area contributed by atoms with Crippen molar-refractivity contribution in [3.05, 3.63) is 53.6 Å². The Morgan fingerprint density at radius 2 is 1.50 bits per heavy atom. The number of fused-ring (bicyclic) bond motifs is 1. The summed E-state index contributed by atoms with van der Waals surface area (Å²) < 4.78 is 23.3. The van der Waals surface area contributed by atoms with Gasteiger partial charge >= 0.3 is 0 Å². The van der Waals surface area contributed by atoms with Gasteiger partial charge in [0, 0.05) is 6.42 Å². The molecule has 0 saturated heterocycles. The van der Waals surface area contributed by atoms with Gasteiger partial charge in [0.05, 0.1) is 6.61 Å². The first-order valence-electron chi connectivity index (χ1n) is 11.9. The second-order valence-electron chi connectivity index (χ2n) is 10.8. The third-order valence-electron chi connectivity index (χ3n) is 5.84. The van der Waals surface area contributed by atoms with Crippen molar-refractivity contribution in [2.45, 2.75) is 80.1 Å². The molecule has 2 aromatic rings. The highest BCUT2D eigenvalue weighted by molar-refractivity contribution is 5.44. The van der Waals surface area contributed by atoms with E-state index in [1.807, 2.05) is 18.2 Å². The van der Waals surface area contributed by atoms with Crippen molar-refractivity contribution in [3.8, 4) is 17.2 Å². The molecule has 0 spiro atoms. The van der Waals surface area contributed by atoms with Gasteiger partial charge < -0.3 is 18.9 Å². The quantitative estimate of drug-likeness (QED) is 0.357. The van der Waals surface area contributed by atoms with E-state index in [2.05, 4.69) is 72.7 Å². The van der Waals surface area contributed by atoms with Crippen LogP contribution in [0.15, 0.2) is 42.5 Å². The van der Waals surface area contributed by atoms with Gasteiger partial charge in [-0.1, -0.05) is 66.7 Å². The van der Waals surface area contributed by atoms with Crippen molar-refractivity contribution in [1.82, 2.24) is 0 Å². The number of rotatable bonds is 10. The molecule has 0 saturated carbocycles. The highest BCUT2D eigenvalue weighted by Gasteiger charge is 2.27. The van der Waals surface area contributed by atoms with Gasteiger partial charge in [0.1, 0.15) is 5.75 Å². The molecule has 2 unspecified atom stereocenters. The molecule has 2 atom stereocenters. The molecule has 4 nitrogen and oxygen atoms in total. The maximum absolute atomic E-state index is 6.26. The van der Waals surface area contributed by atoms with Crippen LogP contribution in [0.25, 0.3) is 0 Å². The molecule has 0 fully saturated rings. The van der Waals surface area contributed by atoms with Crippen molar-refractivity contribution in [1.29, 1.82) is 0 Å². The third-order valence-corrected chi connectivity index (χ3v) is 5.84. The van der Waals surface area contributed by atoms with Crippen LogP contribution in [0.1, 0.15) is 78.4 Å². The summed E-state index contributed by atoms with van der Waals surface area (Å²) in [5.41, 5.74) is 2.64. The second kappa shape index (κ2) is 10.6. The summed E-state index contributed by atoms with van der Waals surface area (Å²) >= 11 is 0. The summed E-state index contributed by atoms with van der Waals surface area (Å²) in [6.45, 7) is 16.7. The molecule has 0 aromatic heterocycles. The van der Waals surface area contributed by atoms with Crippen LogP contribution in [0.2, 0.25) is 0 Å². The Labute approximate surface area is 194 Å². The molecule has 0 aliphatic carbocycles. The second-order valence-corrected chi connectivity index (χ2v) is 10.8. The average molecular weight is 441 g/mol. The van der Waals surface area contributed by atoms with Gasteiger partial charge in [-0.25, -0.2) is 0 Å². The van der Waals surface area contributed by atoms with Crippen LogP contribution < -0.4 is 14.2 Å². The monoisotopic (exact) mass is 440 g/mol. The lowest BCUT2D eigenvalue weighted by atomic mass is 9.72. The summed E-state index contributed by atoms with van der Waals surface area (Å²) in [4.78, 5) is 0. The highest BCUT2D eigenvalue weighted by Crippen LogP contribution is 2.40. The van der Waals surface area contributed by atoms with Crippen LogP contribution in [-0.2, 0) is 11.3 Å². The summed E-state index contributed by atoms with van der Waals surface area (Å²) in [6, 6.07) is 14.5. The molecule has 1 aliphatic heterocycles. The van der Waals surface area contributed by atoms with Gasteiger partial charge in [0.2, 0.25) is 6.79 Å². The fourth-order valence-electron chi connectivity index (χ4n) is 4.15. The minimum atomic E-state index is -0.305. The van der Waals surface area contributed by atoms with Gasteiger partial charge in [0.15, 0.2) is 17.8 Å². The molecular formula is C28H40O4. The molecule has 176 valence electrons. The van der Waals surface area contributed by atoms with Crippen LogP contribution in [-0.4, -0.2) is 13.1 Å². The molecule has 0 radical (unpaired) electrons. The smallest absolute Gasteiger partial charge is 0.231 e. The predicted molar refractivity (Wildman–Crippen MR) is 129 cm³/mol. The predicted octanol–water partition coefficient (Wildman–Crippen LogP) is 7.56. The molecule has 3 rings (SSSR count). The molecule has 4 heteroatoms. The number of ether oxygens (including phenoxy) is 4. The summed E-state index contributed by atoms with van der Waals surface area (Å²) in [5.74, 6) is 4.06. The number of hydrogen-bond donors (Lipinski definition) is 0. The third kappa shape index (κ3) is 6.90. The maximum atomic E-state index is 6.26. The minimum absolute atomic E-state index is 0.223. The van der Waals surface area contributed by atoms with Crippen molar-refractivity contribution in [3.63, 3.8) is 0 Å². The molecule has 32 heavy (non-hydrogen) atoms. The van der Waals surface area contributed by atoms with Gasteiger partial charge in [-0.3, -0.25) is 0 Å². The molecular weight excluding hydrogens is 400 g/mol. The topological polar surface area (TPSA) is 36.9 Å². The molecule has 0 bridgehead atoms. The zero-order valence-corrected chi connectivity index (χ0v) is 20.8. The Kier molecular flexibility index (Phi) is 8.10. The highest BCUT2D eigenvalue weighted by atomic mass is 16.7. The first-order chi connectivity index (χ1) is 15.1. The number of benzene rings is 2. The van der Waals surface area contributed by atoms with E-state index in [0.717, 1.165) is 29.2 Å². The van der Waals surface area contributed by atoms with Crippen LogP contribution >= 0.6 is 0 Å². The van der Waals surface area contributed by atoms with Crippen LogP contribution in [0.5, 0.6) is 17.2 Å². The van der Waals surface area contributed by atoms with E-state index in [-0.39, 0.29) is 18.5 Å². The lowest BCUT2D eigenvalue weighted by Crippen LogP contribution is -2.23. The lowest BCUT2D eigenvalue weighted by Gasteiger charge is -2.33. The zero-order chi connectivity index (χ0) is 23.3. The Morgan fingerprint density at radius 1 is 0.844 bits per heavy atom. The molecule has 0 amide bonds. The van der Waals surface area contributed by atoms with E-state index in [1.165, 1.54) is 12.0 Å². The fourth-order valence-corrected chi connectivity index (χ4v) is 4.15. The normalized spacial score (nSPS) is 15.3. The largest absolute Gasteiger partial charge is 0.465 e. The first-order valence-corrected chi connectivity index (χ1v) is 11.9. The van der Waals surface area contributed by atoms with Gasteiger partial charge in [-0.15, -0.1) is 0 Å². The molecule has 1 aliphatic rings. The van der Waals surface area contributed by atoms with Crippen molar-refractivity contribution in [2.24, 2.45) is 17.3 Å². The standard InChI is InChI=1S/C28H40O4/c1-19(2)14-24(28(5,6)7)22-9-11-23(12-10-22)32-27(15-20(3)4)29-17-21-8-13-25-26(16-21)31-18-30-25/h8-13,16,19-20,24,27H,14-15,17-18H2,1-7H3. The lowest BCUT2D eigenvalue weighted by molar-refractivity contribution is -0.0993. The van der Waals surface area contributed by atoms with E-state index in [9.17, 15) is 0 Å². The van der Waals surface area contributed by atoms with E-state index in [0.29, 0.717) is 24.4 Å². The Bertz CT molecular complexity index is 849. The summed E-state index contributed by atoms with van der Waals surface area (Å²) in [6.07, 6.45) is 1.70. The van der Waals surface area contributed by atoms with Gasteiger partial charge in [0.25, 0.3) is 0 Å². The summed E-state index contributed by atoms with van der Waals surface area (Å²) in [5, 5.41) is 0. The van der Waals surface area contributed by atoms with Gasteiger partial charge in [-0.05, 0) is 65.0 Å². The number of hydrogen-bond acceptors (Lipinski definition) is 4. The van der Waals surface area contributed by atoms with Crippen molar-refractivity contribution >= 4 is 0 Å². The Hall–Kier alpha value is -2.20.